The maximum Gasteiger partial charge on any atom is 0.258 e. The van der Waals surface area contributed by atoms with Crippen molar-refractivity contribution >= 4 is 34.1 Å². The average molecular weight is 386 g/mol. The molecule has 0 aromatic carbocycles. The van der Waals surface area contributed by atoms with Gasteiger partial charge in [-0.05, 0) is 44.1 Å². The van der Waals surface area contributed by atoms with E-state index in [1.807, 2.05) is 46.0 Å². The number of carbonyl (C=O) groups is 1. The molecule has 144 valence electrons. The van der Waals surface area contributed by atoms with Crippen LogP contribution in [0.25, 0.3) is 0 Å². The zero-order valence-electron chi connectivity index (χ0n) is 16.5. The molecule has 7 heteroatoms. The second kappa shape index (κ2) is 8.99. The molecule has 0 aliphatic carbocycles. The number of thioether (sulfide) groups is 1. The Kier molecular flexibility index (Phi) is 6.96. The van der Waals surface area contributed by atoms with Crippen molar-refractivity contribution in [2.24, 2.45) is 0 Å². The first-order valence-corrected chi connectivity index (χ1v) is 9.90. The molecule has 1 aromatic heterocycles. The highest BCUT2D eigenvalue weighted by Crippen LogP contribution is 2.39. The monoisotopic (exact) mass is 385 g/mol. The Morgan fingerprint density at radius 1 is 1.33 bits per heavy atom. The second-order valence-electron chi connectivity index (χ2n) is 6.30. The van der Waals surface area contributed by atoms with E-state index < -0.39 is 0 Å². The van der Waals surface area contributed by atoms with Crippen LogP contribution in [0.5, 0.6) is 0 Å². The van der Waals surface area contributed by atoms with E-state index in [4.69, 9.17) is 10.8 Å². The zero-order valence-corrected chi connectivity index (χ0v) is 17.3. The minimum absolute atomic E-state index is 0.0985. The largest absolute Gasteiger partial charge is 0.366 e. The lowest BCUT2D eigenvalue weighted by Crippen LogP contribution is -2.59. The zero-order chi connectivity index (χ0) is 20.1. The average Bonchev–Trinajstić information content (AvgIpc) is 2.93. The molecule has 1 saturated heterocycles. The summed E-state index contributed by atoms with van der Waals surface area (Å²) < 4.78 is 0. The number of nitrogens with one attached hydrogen (secondary N) is 3. The van der Waals surface area contributed by atoms with Gasteiger partial charge in [0.15, 0.2) is 0 Å². The fraction of sp³-hybridized carbons (Fsp3) is 0.400. The number of allylic oxidation sites excluding steroid dienone is 2. The number of nitrogens with zero attached hydrogens (tertiary/aromatic N) is 2. The lowest BCUT2D eigenvalue weighted by Gasteiger charge is -2.41. The van der Waals surface area contributed by atoms with Gasteiger partial charge in [-0.2, -0.15) is 0 Å². The molecule has 27 heavy (non-hydrogen) atoms. The van der Waals surface area contributed by atoms with E-state index in [0.717, 1.165) is 29.9 Å². The lowest BCUT2D eigenvalue weighted by molar-refractivity contribution is -0.117. The Hall–Kier alpha value is -2.41. The Morgan fingerprint density at radius 3 is 2.56 bits per heavy atom. The van der Waals surface area contributed by atoms with Crippen molar-refractivity contribution in [3.05, 3.63) is 46.2 Å². The summed E-state index contributed by atoms with van der Waals surface area (Å²) in [7, 11) is 0. The molecular formula is C20H27N5OS. The van der Waals surface area contributed by atoms with Gasteiger partial charge in [0, 0.05) is 30.6 Å². The van der Waals surface area contributed by atoms with Crippen LogP contribution in [0.1, 0.15) is 34.6 Å². The van der Waals surface area contributed by atoms with Crippen LogP contribution in [0.15, 0.2) is 46.2 Å². The maximum absolute atomic E-state index is 12.6. The summed E-state index contributed by atoms with van der Waals surface area (Å²) in [6, 6.07) is 4.00. The molecule has 3 rings (SSSR count). The van der Waals surface area contributed by atoms with Crippen LogP contribution < -0.4 is 10.2 Å². The number of hydrogen-bond acceptors (Lipinski definition) is 6. The van der Waals surface area contributed by atoms with E-state index in [-0.39, 0.29) is 11.9 Å². The molecule has 0 saturated carbocycles. The van der Waals surface area contributed by atoms with Crippen molar-refractivity contribution in [3.63, 3.8) is 0 Å². The van der Waals surface area contributed by atoms with E-state index in [9.17, 15) is 4.79 Å². The van der Waals surface area contributed by atoms with Crippen LogP contribution in [0, 0.1) is 10.8 Å². The number of amides is 1. The fourth-order valence-corrected chi connectivity index (χ4v) is 3.96. The minimum Gasteiger partial charge on any atom is -0.366 e. The summed E-state index contributed by atoms with van der Waals surface area (Å²) in [4.78, 5) is 19.4. The molecule has 0 spiro atoms. The molecule has 2 aliphatic heterocycles. The molecular weight excluding hydrogens is 358 g/mol. The topological polar surface area (TPSA) is 92.9 Å². The van der Waals surface area contributed by atoms with Gasteiger partial charge in [0.2, 0.25) is 0 Å². The van der Waals surface area contributed by atoms with Crippen molar-refractivity contribution in [1.82, 2.24) is 10.3 Å². The van der Waals surface area contributed by atoms with E-state index in [1.165, 1.54) is 11.8 Å². The van der Waals surface area contributed by atoms with Crippen molar-refractivity contribution in [3.8, 4) is 0 Å². The molecule has 1 aromatic rings. The Morgan fingerprint density at radius 2 is 2.00 bits per heavy atom. The molecule has 0 unspecified atom stereocenters. The maximum atomic E-state index is 12.6. The molecule has 6 nitrogen and oxygen atoms in total. The quantitative estimate of drug-likeness (QED) is 0.688. The van der Waals surface area contributed by atoms with Crippen molar-refractivity contribution in [2.75, 3.05) is 18.0 Å². The summed E-state index contributed by atoms with van der Waals surface area (Å²) >= 11 is 1.18. The normalized spacial score (nSPS) is 18.6. The summed E-state index contributed by atoms with van der Waals surface area (Å²) in [6.07, 6.45) is 3.56. The molecule has 3 heterocycles. The Balaban J connectivity index is 0.00000126. The lowest BCUT2D eigenvalue weighted by atomic mass is 9.99. The number of anilines is 1. The van der Waals surface area contributed by atoms with Gasteiger partial charge in [0.05, 0.1) is 27.9 Å². The predicted molar refractivity (Wildman–Crippen MR) is 114 cm³/mol. The van der Waals surface area contributed by atoms with Crippen LogP contribution in [0.2, 0.25) is 0 Å². The second-order valence-corrected chi connectivity index (χ2v) is 7.32. The Labute approximate surface area is 165 Å². The van der Waals surface area contributed by atoms with Gasteiger partial charge in [-0.3, -0.25) is 15.2 Å². The van der Waals surface area contributed by atoms with Gasteiger partial charge >= 0.3 is 0 Å². The van der Waals surface area contributed by atoms with E-state index >= 15 is 0 Å². The third kappa shape index (κ3) is 4.47. The summed E-state index contributed by atoms with van der Waals surface area (Å²) in [5.74, 6) is -0.131. The summed E-state index contributed by atoms with van der Waals surface area (Å²) in [5, 5.41) is 19.3. The van der Waals surface area contributed by atoms with E-state index in [0.29, 0.717) is 21.2 Å². The highest BCUT2D eigenvalue weighted by atomic mass is 32.2. The first-order chi connectivity index (χ1) is 12.9. The highest BCUT2D eigenvalue weighted by Gasteiger charge is 2.33. The predicted octanol–water partition coefficient (Wildman–Crippen LogP) is 3.77. The summed E-state index contributed by atoms with van der Waals surface area (Å²) in [5.41, 5.74) is 3.74. The van der Waals surface area contributed by atoms with E-state index in [2.05, 4.69) is 15.2 Å². The van der Waals surface area contributed by atoms with Crippen LogP contribution in [-0.2, 0) is 4.79 Å². The number of pyridine rings is 1. The van der Waals surface area contributed by atoms with Gasteiger partial charge in [-0.15, -0.1) is 0 Å². The van der Waals surface area contributed by atoms with Gasteiger partial charge in [0.25, 0.3) is 5.91 Å². The molecule has 0 bridgehead atoms. The molecule has 0 atom stereocenters. The smallest absolute Gasteiger partial charge is 0.258 e. The fourth-order valence-electron chi connectivity index (χ4n) is 2.94. The Bertz CT molecular complexity index is 807. The van der Waals surface area contributed by atoms with Gasteiger partial charge in [0.1, 0.15) is 0 Å². The molecule has 1 fully saturated rings. The number of carbonyl (C=O) groups excluding carboxylic acids is 1. The van der Waals surface area contributed by atoms with Crippen LogP contribution in [0.3, 0.4) is 0 Å². The van der Waals surface area contributed by atoms with Crippen molar-refractivity contribution in [2.45, 2.75) is 40.7 Å². The van der Waals surface area contributed by atoms with E-state index in [1.54, 1.807) is 13.1 Å². The van der Waals surface area contributed by atoms with Crippen LogP contribution in [0.4, 0.5) is 5.69 Å². The van der Waals surface area contributed by atoms with Crippen molar-refractivity contribution < 1.29 is 4.79 Å². The van der Waals surface area contributed by atoms with Gasteiger partial charge < -0.3 is 15.6 Å². The number of rotatable bonds is 4. The SMILES string of the molecule is CC.CC(=N)/C(C)=C1\C(=N)SC(C(=O)NC2CN(c3cccnc3)C2)=C1C. The standard InChI is InChI=1S/C18H21N5OS.C2H6/c1-10(12(3)19)15-11(2)16(25-17(15)20)18(24)22-13-8-23(9-13)14-5-4-6-21-7-14;1-2/h4-7,13,19-20H,8-9H2,1-3H3,(H,22,24);1-2H3/b15-10-,19-12?,20-17?;. The van der Waals surface area contributed by atoms with Crippen LogP contribution in [-0.4, -0.2) is 40.8 Å². The highest BCUT2D eigenvalue weighted by molar-refractivity contribution is 8.18. The molecule has 0 radical (unpaired) electrons. The third-order valence-corrected chi connectivity index (χ3v) is 5.62. The summed E-state index contributed by atoms with van der Waals surface area (Å²) in [6.45, 7) is 10.9. The molecule has 3 N–H and O–H groups in total. The number of aromatic nitrogens is 1. The first kappa shape index (κ1) is 20.9. The molecule has 1 amide bonds. The van der Waals surface area contributed by atoms with Crippen molar-refractivity contribution in [1.29, 1.82) is 10.8 Å². The first-order valence-electron chi connectivity index (χ1n) is 9.08. The van der Waals surface area contributed by atoms with Gasteiger partial charge in [-0.25, -0.2) is 0 Å². The minimum atomic E-state index is -0.131. The van der Waals surface area contributed by atoms with Gasteiger partial charge in [-0.1, -0.05) is 25.6 Å². The third-order valence-electron chi connectivity index (χ3n) is 4.52. The van der Waals surface area contributed by atoms with Crippen LogP contribution >= 0.6 is 11.8 Å². The number of hydrogen-bond donors (Lipinski definition) is 3. The molecule has 2 aliphatic rings.